The maximum absolute atomic E-state index is 13.2. The second kappa shape index (κ2) is 10.7. The Kier molecular flexibility index (Phi) is 7.25. The van der Waals surface area contributed by atoms with E-state index in [9.17, 15) is 14.3 Å². The SMILES string of the molecule is Nc1ncnc2c1ncn2[C@H]1C[C@@H]2OP(O)(=S)OC[C@H]3C[C@@H](n4cnc5c(=O)[nH]cnc54)[C@@H]3COP(=O)(S)OC[C@H]2O1. The topological polar surface area (TPSA) is 217 Å². The molecule has 6 heterocycles. The Hall–Kier alpha value is -2.31. The van der Waals surface area contributed by atoms with Crippen molar-refractivity contribution in [2.75, 3.05) is 25.6 Å². The van der Waals surface area contributed by atoms with E-state index in [1.807, 2.05) is 0 Å². The lowest BCUT2D eigenvalue weighted by Crippen LogP contribution is -2.43. The Bertz CT molecular complexity index is 1820. The lowest BCUT2D eigenvalue weighted by molar-refractivity contribution is -0.0375. The third-order valence-electron chi connectivity index (χ3n) is 7.80. The zero-order valence-corrected chi connectivity index (χ0v) is 25.1. The predicted molar refractivity (Wildman–Crippen MR) is 153 cm³/mol. The first kappa shape index (κ1) is 28.5. The van der Waals surface area contributed by atoms with Crippen LogP contribution in [-0.2, 0) is 39.2 Å². The smallest absolute Gasteiger partial charge is 0.382 e. The van der Waals surface area contributed by atoms with Crippen LogP contribution in [0.2, 0.25) is 0 Å². The van der Waals surface area contributed by atoms with E-state index >= 15 is 0 Å². The molecular weight excluding hydrogens is 632 g/mol. The summed E-state index contributed by atoms with van der Waals surface area (Å²) in [5, 5.41) is 0. The fourth-order valence-electron chi connectivity index (χ4n) is 5.63. The summed E-state index contributed by atoms with van der Waals surface area (Å²) >= 11 is 9.55. The molecule has 42 heavy (non-hydrogen) atoms. The van der Waals surface area contributed by atoms with Crippen LogP contribution in [-0.4, -0.2) is 76.0 Å². The summed E-state index contributed by atoms with van der Waals surface area (Å²) in [5.41, 5.74) is 7.02. The predicted octanol–water partition coefficient (Wildman–Crippen LogP) is 1.71. The van der Waals surface area contributed by atoms with Crippen LogP contribution in [0.25, 0.3) is 22.3 Å². The van der Waals surface area contributed by atoms with Crippen molar-refractivity contribution >= 4 is 65.7 Å². The minimum absolute atomic E-state index is 0.0166. The van der Waals surface area contributed by atoms with E-state index < -0.39 is 32.0 Å². The number of anilines is 1. The van der Waals surface area contributed by atoms with Gasteiger partial charge in [0.1, 0.15) is 24.2 Å². The van der Waals surface area contributed by atoms with Gasteiger partial charge < -0.3 is 38.5 Å². The highest BCUT2D eigenvalue weighted by atomic mass is 32.7. The molecule has 4 N–H and O–H groups in total. The van der Waals surface area contributed by atoms with Crippen molar-refractivity contribution in [1.29, 1.82) is 0 Å². The Balaban J connectivity index is 1.12. The summed E-state index contributed by atoms with van der Waals surface area (Å²) in [4.78, 5) is 46.6. The Morgan fingerprint density at radius 2 is 1.76 bits per heavy atom. The van der Waals surface area contributed by atoms with Crippen molar-refractivity contribution in [2.45, 2.75) is 37.3 Å². The summed E-state index contributed by atoms with van der Waals surface area (Å²) in [7, 11) is 0. The van der Waals surface area contributed by atoms with Crippen molar-refractivity contribution in [3.05, 3.63) is 35.7 Å². The number of rotatable bonds is 2. The van der Waals surface area contributed by atoms with Gasteiger partial charge in [-0.3, -0.25) is 13.9 Å². The Morgan fingerprint density at radius 3 is 2.62 bits per heavy atom. The number of nitrogens with zero attached hydrogens (tertiary/aromatic N) is 7. The first-order chi connectivity index (χ1) is 20.1. The molecule has 3 fully saturated rings. The van der Waals surface area contributed by atoms with Gasteiger partial charge in [-0.15, -0.1) is 0 Å². The number of aromatic nitrogens is 8. The lowest BCUT2D eigenvalue weighted by Gasteiger charge is -2.45. The largest absolute Gasteiger partial charge is 0.386 e. The van der Waals surface area contributed by atoms with Crippen LogP contribution in [0.5, 0.6) is 0 Å². The monoisotopic (exact) mass is 657 g/mol. The molecule has 224 valence electrons. The number of hydrogen-bond donors (Lipinski definition) is 4. The molecule has 1 saturated carbocycles. The van der Waals surface area contributed by atoms with E-state index in [-0.39, 0.29) is 61.0 Å². The molecule has 8 atom stereocenters. The quantitative estimate of drug-likeness (QED) is 0.178. The van der Waals surface area contributed by atoms with Crippen LogP contribution in [0.15, 0.2) is 30.1 Å². The van der Waals surface area contributed by atoms with Crippen LogP contribution in [0.3, 0.4) is 0 Å². The number of imidazole rings is 2. The molecule has 0 radical (unpaired) electrons. The molecule has 0 bridgehead atoms. The molecule has 0 aromatic carbocycles. The zero-order chi connectivity index (χ0) is 29.2. The first-order valence-corrected chi connectivity index (χ1v) is 18.1. The van der Waals surface area contributed by atoms with Crippen molar-refractivity contribution in [3.63, 3.8) is 0 Å². The maximum atomic E-state index is 13.2. The number of nitrogens with two attached hydrogens (primary N) is 1. The molecule has 7 rings (SSSR count). The first-order valence-electron chi connectivity index (χ1n) is 12.8. The van der Waals surface area contributed by atoms with Gasteiger partial charge in [-0.2, -0.15) is 0 Å². The standard InChI is InChI=1S/C21H25N9O8P2S2/c22-18-16-19(24-6-23-18)30(9-27-16)15-2-13-14(37-15)5-36-39(32,41)35-4-11-10(3-34-40(33,42)38-13)1-12(11)29-8-28-17-20(29)25-7-26-21(17)31/h6-15H,1-5H2,(H,32,41)(H,33,42)(H2,22,23,24)(H,25,26,31)/t10-,11-,12-,13+,14-,15-,39?,40?/m1/s1. The number of thiol groups is 1. The Labute approximate surface area is 247 Å². The fraction of sp³-hybridized carbons (Fsp3) is 0.524. The van der Waals surface area contributed by atoms with Crippen molar-refractivity contribution in [2.24, 2.45) is 11.8 Å². The van der Waals surface area contributed by atoms with Gasteiger partial charge in [0.25, 0.3) is 5.56 Å². The van der Waals surface area contributed by atoms with Gasteiger partial charge in [0.05, 0.1) is 44.9 Å². The van der Waals surface area contributed by atoms with Crippen LogP contribution < -0.4 is 11.3 Å². The van der Waals surface area contributed by atoms with Crippen LogP contribution in [0, 0.1) is 11.8 Å². The minimum Gasteiger partial charge on any atom is -0.382 e. The van der Waals surface area contributed by atoms with E-state index in [0.29, 0.717) is 23.2 Å². The zero-order valence-electron chi connectivity index (χ0n) is 21.6. The summed E-state index contributed by atoms with van der Waals surface area (Å²) in [5.74, 6) is -0.214. The summed E-state index contributed by atoms with van der Waals surface area (Å²) in [6.45, 7) is -7.81. The van der Waals surface area contributed by atoms with Crippen molar-refractivity contribution in [3.8, 4) is 0 Å². The molecule has 1 aliphatic carbocycles. The molecule has 3 aliphatic rings. The molecule has 4 aromatic heterocycles. The maximum Gasteiger partial charge on any atom is 0.386 e. The number of ether oxygens (including phenoxy) is 1. The van der Waals surface area contributed by atoms with Gasteiger partial charge in [-0.1, -0.05) is 12.2 Å². The van der Waals surface area contributed by atoms with E-state index in [4.69, 9.17) is 40.4 Å². The number of hydrogen-bond acceptors (Lipinski definition) is 14. The third-order valence-corrected chi connectivity index (χ3v) is 11.0. The van der Waals surface area contributed by atoms with Crippen LogP contribution >= 0.6 is 25.8 Å². The number of H-pyrrole nitrogens is 1. The van der Waals surface area contributed by atoms with E-state index in [1.54, 1.807) is 9.13 Å². The molecule has 17 nitrogen and oxygen atoms in total. The lowest BCUT2D eigenvalue weighted by atomic mass is 9.70. The highest BCUT2D eigenvalue weighted by Crippen LogP contribution is 2.58. The average Bonchev–Trinajstić information content (AvgIpc) is 3.64. The van der Waals surface area contributed by atoms with E-state index in [1.165, 1.54) is 25.3 Å². The molecule has 4 aromatic rings. The molecule has 0 spiro atoms. The number of nitrogens with one attached hydrogen (secondary N) is 1. The minimum atomic E-state index is -3.86. The second-order valence-corrected chi connectivity index (χ2v) is 15.9. The molecule has 2 unspecified atom stereocenters. The van der Waals surface area contributed by atoms with Crippen molar-refractivity contribution < 1.29 is 32.3 Å². The second-order valence-electron chi connectivity index (χ2n) is 10.2. The highest BCUT2D eigenvalue weighted by Gasteiger charge is 2.47. The average molecular weight is 658 g/mol. The summed E-state index contributed by atoms with van der Waals surface area (Å²) in [6.07, 6.45) is 4.20. The number of nitrogen functional groups attached to an aromatic ring is 1. The van der Waals surface area contributed by atoms with Gasteiger partial charge in [0.15, 0.2) is 22.6 Å². The summed E-state index contributed by atoms with van der Waals surface area (Å²) < 4.78 is 45.9. The normalized spacial score (nSPS) is 36.0. The summed E-state index contributed by atoms with van der Waals surface area (Å²) in [6, 6.07) is -0.208. The van der Waals surface area contributed by atoms with Gasteiger partial charge in [-0.25, -0.2) is 29.5 Å². The number of aromatic amines is 1. The third kappa shape index (κ3) is 5.21. The van der Waals surface area contributed by atoms with Gasteiger partial charge in [-0.05, 0) is 24.1 Å². The van der Waals surface area contributed by atoms with Crippen LogP contribution in [0.4, 0.5) is 5.82 Å². The molecular formula is C21H25N9O8P2S2. The fourth-order valence-corrected chi connectivity index (χ4v) is 8.32. The van der Waals surface area contributed by atoms with E-state index in [2.05, 4.69) is 42.2 Å². The highest BCUT2D eigenvalue weighted by molar-refractivity contribution is 8.44. The van der Waals surface area contributed by atoms with Crippen LogP contribution in [0.1, 0.15) is 25.1 Å². The molecule has 0 amide bonds. The van der Waals surface area contributed by atoms with Gasteiger partial charge >= 0.3 is 13.5 Å². The molecule has 21 heteroatoms. The van der Waals surface area contributed by atoms with Gasteiger partial charge in [0, 0.05) is 18.4 Å². The van der Waals surface area contributed by atoms with Gasteiger partial charge in [0.2, 0.25) is 0 Å². The van der Waals surface area contributed by atoms with E-state index in [0.717, 1.165) is 0 Å². The number of fused-ring (bicyclic) bond motifs is 4. The molecule has 2 aliphatic heterocycles. The molecule has 2 saturated heterocycles. The Morgan fingerprint density at radius 1 is 1.00 bits per heavy atom. The van der Waals surface area contributed by atoms with Crippen molar-refractivity contribution in [1.82, 2.24) is 39.0 Å².